The quantitative estimate of drug-likeness (QED) is 0.174. The number of nitrogens with zero attached hydrogens (tertiary/aromatic N) is 4. The molecule has 4 aromatic heterocycles. The molecule has 0 bridgehead atoms. The van der Waals surface area contributed by atoms with E-state index >= 15 is 0 Å². The summed E-state index contributed by atoms with van der Waals surface area (Å²) >= 11 is 0. The standard InChI is InChI=1S/C55H32N4O2/c1-2-14-33(15-3-1)53-56-54(58-55(57-53)42-23-13-27-50-51(42)41-20-8-11-26-49(41)60-50)36-28-29-46(44(31-36)40-22-12-21-39-38-19-7-10-25-48(38)61-52(39)40)59-45-24-9-6-18-37(45)43-30-34-16-4-5-17-35(34)32-47(43)59/h1-32H. The van der Waals surface area contributed by atoms with Crippen LogP contribution >= 0.6 is 0 Å². The van der Waals surface area contributed by atoms with Crippen LogP contribution in [0.5, 0.6) is 0 Å². The summed E-state index contributed by atoms with van der Waals surface area (Å²) < 4.78 is 15.5. The lowest BCUT2D eigenvalue weighted by molar-refractivity contribution is 0.669. The molecule has 0 atom stereocenters. The number of hydrogen-bond acceptors (Lipinski definition) is 5. The Bertz CT molecular complexity index is 3900. The van der Waals surface area contributed by atoms with E-state index in [1.807, 2.05) is 72.8 Å². The molecule has 9 aromatic carbocycles. The van der Waals surface area contributed by atoms with Crippen molar-refractivity contribution in [3.8, 4) is 51.0 Å². The molecule has 13 rings (SSSR count). The van der Waals surface area contributed by atoms with Crippen molar-refractivity contribution in [1.82, 2.24) is 19.5 Å². The molecule has 0 aliphatic heterocycles. The van der Waals surface area contributed by atoms with Gasteiger partial charge in [0.1, 0.15) is 22.3 Å². The Hall–Kier alpha value is -8.35. The average molecular weight is 781 g/mol. The third kappa shape index (κ3) is 5.19. The summed E-state index contributed by atoms with van der Waals surface area (Å²) in [7, 11) is 0. The SMILES string of the molecule is c1ccc(-c2nc(-c3ccc(-n4c5ccccc5c5cc6ccccc6cc54)c(-c4cccc5c4oc4ccccc45)c3)nc(-c3cccc4oc5ccccc5c34)n2)cc1. The zero-order valence-corrected chi connectivity index (χ0v) is 32.6. The lowest BCUT2D eigenvalue weighted by atomic mass is 9.97. The first kappa shape index (κ1) is 33.6. The predicted octanol–water partition coefficient (Wildman–Crippen LogP) is 14.6. The summed E-state index contributed by atoms with van der Waals surface area (Å²) in [5, 5.41) is 8.91. The van der Waals surface area contributed by atoms with Crippen LogP contribution in [0.25, 0.3) is 127 Å². The highest BCUT2D eigenvalue weighted by Crippen LogP contribution is 2.43. The molecule has 6 nitrogen and oxygen atoms in total. The maximum Gasteiger partial charge on any atom is 0.164 e. The number of rotatable bonds is 5. The van der Waals surface area contributed by atoms with Crippen LogP contribution in [-0.2, 0) is 0 Å². The lowest BCUT2D eigenvalue weighted by Gasteiger charge is -2.17. The number of aromatic nitrogens is 4. The van der Waals surface area contributed by atoms with Crippen molar-refractivity contribution >= 4 is 76.5 Å². The van der Waals surface area contributed by atoms with E-state index in [0.29, 0.717) is 17.5 Å². The number of fused-ring (bicyclic) bond motifs is 10. The summed E-state index contributed by atoms with van der Waals surface area (Å²) in [6.45, 7) is 0. The van der Waals surface area contributed by atoms with Crippen LogP contribution in [0, 0.1) is 0 Å². The van der Waals surface area contributed by atoms with Crippen LogP contribution in [0.3, 0.4) is 0 Å². The highest BCUT2D eigenvalue weighted by molar-refractivity contribution is 6.15. The Morgan fingerprint density at radius 2 is 0.967 bits per heavy atom. The normalized spacial score (nSPS) is 11.9. The van der Waals surface area contributed by atoms with E-state index in [4.69, 9.17) is 23.8 Å². The van der Waals surface area contributed by atoms with Crippen molar-refractivity contribution in [3.63, 3.8) is 0 Å². The number of furan rings is 2. The topological polar surface area (TPSA) is 69.9 Å². The molecule has 284 valence electrons. The van der Waals surface area contributed by atoms with E-state index in [-0.39, 0.29) is 0 Å². The monoisotopic (exact) mass is 780 g/mol. The van der Waals surface area contributed by atoms with Gasteiger partial charge in [-0.25, -0.2) is 15.0 Å². The third-order valence-electron chi connectivity index (χ3n) is 12.0. The second-order valence-corrected chi connectivity index (χ2v) is 15.5. The molecular weight excluding hydrogens is 749 g/mol. The number of para-hydroxylation sites is 4. The molecule has 0 aliphatic carbocycles. The lowest BCUT2D eigenvalue weighted by Crippen LogP contribution is -2.02. The minimum atomic E-state index is 0.562. The molecule has 0 saturated heterocycles. The number of hydrogen-bond donors (Lipinski definition) is 0. The molecule has 0 radical (unpaired) electrons. The van der Waals surface area contributed by atoms with Crippen molar-refractivity contribution in [2.75, 3.05) is 0 Å². The maximum atomic E-state index is 6.75. The predicted molar refractivity (Wildman–Crippen MR) is 248 cm³/mol. The Kier molecular flexibility index (Phi) is 7.21. The van der Waals surface area contributed by atoms with Gasteiger partial charge in [0.15, 0.2) is 17.5 Å². The number of benzene rings is 9. The van der Waals surface area contributed by atoms with Crippen LogP contribution in [0.2, 0.25) is 0 Å². The van der Waals surface area contributed by atoms with Gasteiger partial charge in [-0.1, -0.05) is 140 Å². The maximum absolute atomic E-state index is 6.75. The zero-order chi connectivity index (χ0) is 40.0. The molecule has 61 heavy (non-hydrogen) atoms. The van der Waals surface area contributed by atoms with Crippen LogP contribution in [0.1, 0.15) is 0 Å². The molecule has 6 heteroatoms. The van der Waals surface area contributed by atoms with Gasteiger partial charge < -0.3 is 13.4 Å². The zero-order valence-electron chi connectivity index (χ0n) is 32.6. The van der Waals surface area contributed by atoms with E-state index in [1.54, 1.807) is 0 Å². The van der Waals surface area contributed by atoms with Crippen molar-refractivity contribution in [3.05, 3.63) is 194 Å². The fraction of sp³-hybridized carbons (Fsp3) is 0. The largest absolute Gasteiger partial charge is 0.456 e. The second kappa shape index (κ2) is 13.1. The molecule has 0 aliphatic rings. The first-order valence-corrected chi connectivity index (χ1v) is 20.4. The van der Waals surface area contributed by atoms with Gasteiger partial charge in [0.2, 0.25) is 0 Å². The van der Waals surface area contributed by atoms with Gasteiger partial charge in [-0.2, -0.15) is 0 Å². The molecule has 0 fully saturated rings. The highest BCUT2D eigenvalue weighted by Gasteiger charge is 2.23. The Balaban J connectivity index is 1.11. The summed E-state index contributed by atoms with van der Waals surface area (Å²) in [4.78, 5) is 15.7. The van der Waals surface area contributed by atoms with E-state index in [9.17, 15) is 0 Å². The Morgan fingerprint density at radius 1 is 0.344 bits per heavy atom. The smallest absolute Gasteiger partial charge is 0.164 e. The molecule has 13 aromatic rings. The fourth-order valence-corrected chi connectivity index (χ4v) is 9.26. The highest BCUT2D eigenvalue weighted by atomic mass is 16.3. The van der Waals surface area contributed by atoms with Crippen LogP contribution in [0.4, 0.5) is 0 Å². The molecule has 0 saturated carbocycles. The first-order valence-electron chi connectivity index (χ1n) is 20.4. The van der Waals surface area contributed by atoms with E-state index in [0.717, 1.165) is 88.4 Å². The van der Waals surface area contributed by atoms with Gasteiger partial charge in [-0.05, 0) is 65.4 Å². The third-order valence-corrected chi connectivity index (χ3v) is 12.0. The average Bonchev–Trinajstić information content (AvgIpc) is 4.00. The van der Waals surface area contributed by atoms with Gasteiger partial charge in [-0.3, -0.25) is 0 Å². The summed E-state index contributed by atoms with van der Waals surface area (Å²) in [5.74, 6) is 1.72. The van der Waals surface area contributed by atoms with E-state index in [1.165, 1.54) is 21.5 Å². The summed E-state index contributed by atoms with van der Waals surface area (Å²) in [6.07, 6.45) is 0. The first-order chi connectivity index (χ1) is 30.2. The van der Waals surface area contributed by atoms with Gasteiger partial charge in [0.25, 0.3) is 0 Å². The molecule has 0 N–H and O–H groups in total. The molecule has 0 amide bonds. The van der Waals surface area contributed by atoms with Crippen LogP contribution < -0.4 is 0 Å². The minimum absolute atomic E-state index is 0.562. The van der Waals surface area contributed by atoms with Crippen molar-refractivity contribution in [2.24, 2.45) is 0 Å². The molecular formula is C55H32N4O2. The Labute approximate surface area is 348 Å². The summed E-state index contributed by atoms with van der Waals surface area (Å²) in [5.41, 5.74) is 11.1. The van der Waals surface area contributed by atoms with E-state index < -0.39 is 0 Å². The van der Waals surface area contributed by atoms with Gasteiger partial charge in [0.05, 0.1) is 16.7 Å². The van der Waals surface area contributed by atoms with Crippen molar-refractivity contribution < 1.29 is 8.83 Å². The van der Waals surface area contributed by atoms with Crippen molar-refractivity contribution in [1.29, 1.82) is 0 Å². The Morgan fingerprint density at radius 3 is 1.82 bits per heavy atom. The fourth-order valence-electron chi connectivity index (χ4n) is 9.26. The van der Waals surface area contributed by atoms with Gasteiger partial charge >= 0.3 is 0 Å². The minimum Gasteiger partial charge on any atom is -0.456 e. The van der Waals surface area contributed by atoms with Gasteiger partial charge in [0, 0.05) is 60.1 Å². The van der Waals surface area contributed by atoms with Gasteiger partial charge in [-0.15, -0.1) is 0 Å². The second-order valence-electron chi connectivity index (χ2n) is 15.5. The van der Waals surface area contributed by atoms with E-state index in [2.05, 4.69) is 126 Å². The molecule has 0 unspecified atom stereocenters. The van der Waals surface area contributed by atoms with Crippen molar-refractivity contribution in [2.45, 2.75) is 0 Å². The molecule has 0 spiro atoms. The van der Waals surface area contributed by atoms with Crippen LogP contribution in [0.15, 0.2) is 203 Å². The molecule has 4 heterocycles. The van der Waals surface area contributed by atoms with Crippen LogP contribution in [-0.4, -0.2) is 19.5 Å². The summed E-state index contributed by atoms with van der Waals surface area (Å²) in [6, 6.07) is 67.4.